The van der Waals surface area contributed by atoms with E-state index in [2.05, 4.69) is 5.43 Å². The molecule has 0 aliphatic heterocycles. The minimum absolute atomic E-state index is 0.0107. The minimum Gasteiger partial charge on any atom is -0.379 e. The number of methoxy groups -OCH3 is 1. The van der Waals surface area contributed by atoms with E-state index in [1.54, 1.807) is 13.2 Å². The molecule has 0 aromatic heterocycles. The highest BCUT2D eigenvalue weighted by atomic mass is 19.2. The zero-order valence-electron chi connectivity index (χ0n) is 12.4. The second-order valence-electron chi connectivity index (χ2n) is 5.82. The van der Waals surface area contributed by atoms with Crippen LogP contribution >= 0.6 is 0 Å². The molecule has 3 nitrogen and oxygen atoms in total. The molecule has 3 N–H and O–H groups in total. The quantitative estimate of drug-likeness (QED) is 0.627. The highest BCUT2D eigenvalue weighted by Gasteiger charge is 2.30. The lowest BCUT2D eigenvalue weighted by Crippen LogP contribution is -2.49. The summed E-state index contributed by atoms with van der Waals surface area (Å²) in [7, 11) is 1.69. The fourth-order valence-corrected chi connectivity index (χ4v) is 3.34. The molecule has 5 heteroatoms. The predicted octanol–water partition coefficient (Wildman–Crippen LogP) is 2.93. The van der Waals surface area contributed by atoms with Crippen molar-refractivity contribution in [3.63, 3.8) is 0 Å². The van der Waals surface area contributed by atoms with E-state index in [1.807, 2.05) is 0 Å². The van der Waals surface area contributed by atoms with Gasteiger partial charge in [-0.1, -0.05) is 25.3 Å². The molecule has 2 atom stereocenters. The Hall–Kier alpha value is -1.04. The van der Waals surface area contributed by atoms with E-state index in [0.717, 1.165) is 24.5 Å². The number of halogens is 2. The van der Waals surface area contributed by atoms with Crippen molar-refractivity contribution in [1.29, 1.82) is 0 Å². The first kappa shape index (κ1) is 16.3. The van der Waals surface area contributed by atoms with E-state index in [0.29, 0.717) is 12.3 Å². The van der Waals surface area contributed by atoms with Gasteiger partial charge in [0.25, 0.3) is 0 Å². The van der Waals surface area contributed by atoms with Crippen LogP contribution in [0.3, 0.4) is 0 Å². The molecule has 1 saturated carbocycles. The van der Waals surface area contributed by atoms with Gasteiger partial charge in [-0.3, -0.25) is 11.3 Å². The number of nitrogens with one attached hydrogen (secondary N) is 1. The number of hydrogen-bond donors (Lipinski definition) is 2. The lowest BCUT2D eigenvalue weighted by atomic mass is 9.81. The van der Waals surface area contributed by atoms with Crippen molar-refractivity contribution < 1.29 is 13.5 Å². The van der Waals surface area contributed by atoms with Crippen LogP contribution < -0.4 is 11.3 Å². The molecule has 118 valence electrons. The van der Waals surface area contributed by atoms with Crippen molar-refractivity contribution in [3.05, 3.63) is 35.4 Å². The van der Waals surface area contributed by atoms with Gasteiger partial charge in [0, 0.05) is 7.11 Å². The Morgan fingerprint density at radius 2 is 1.95 bits per heavy atom. The molecule has 21 heavy (non-hydrogen) atoms. The summed E-state index contributed by atoms with van der Waals surface area (Å²) >= 11 is 0. The van der Waals surface area contributed by atoms with Crippen LogP contribution in [-0.2, 0) is 11.2 Å². The van der Waals surface area contributed by atoms with Crippen LogP contribution in [0.5, 0.6) is 0 Å². The number of hydrazine groups is 1. The van der Waals surface area contributed by atoms with Crippen LogP contribution in [0.1, 0.15) is 37.7 Å². The van der Waals surface area contributed by atoms with E-state index in [-0.39, 0.29) is 12.1 Å². The van der Waals surface area contributed by atoms with Gasteiger partial charge < -0.3 is 4.74 Å². The Balaban J connectivity index is 2.07. The summed E-state index contributed by atoms with van der Waals surface area (Å²) in [6.45, 7) is 0. The molecular weight excluding hydrogens is 274 g/mol. The van der Waals surface area contributed by atoms with Crippen molar-refractivity contribution in [2.75, 3.05) is 7.11 Å². The predicted molar refractivity (Wildman–Crippen MR) is 78.5 cm³/mol. The van der Waals surface area contributed by atoms with Gasteiger partial charge in [-0.15, -0.1) is 0 Å². The Bertz CT molecular complexity index is 450. The zero-order chi connectivity index (χ0) is 15.2. The van der Waals surface area contributed by atoms with Crippen LogP contribution in [0.2, 0.25) is 0 Å². The van der Waals surface area contributed by atoms with Crippen LogP contribution in [0.15, 0.2) is 18.2 Å². The fraction of sp³-hybridized carbons (Fsp3) is 0.625. The Labute approximate surface area is 124 Å². The van der Waals surface area contributed by atoms with Gasteiger partial charge in [0.1, 0.15) is 0 Å². The van der Waals surface area contributed by atoms with Gasteiger partial charge in [0.05, 0.1) is 12.1 Å². The molecule has 1 fully saturated rings. The number of ether oxygens (including phenoxy) is 1. The summed E-state index contributed by atoms with van der Waals surface area (Å²) in [5.74, 6) is 4.49. The second-order valence-corrected chi connectivity index (χ2v) is 5.82. The number of nitrogens with two attached hydrogens (primary N) is 1. The van der Waals surface area contributed by atoms with Gasteiger partial charge in [0.15, 0.2) is 11.6 Å². The summed E-state index contributed by atoms with van der Waals surface area (Å²) in [6.07, 6.45) is 6.48. The molecule has 0 radical (unpaired) electrons. The average Bonchev–Trinajstić information content (AvgIpc) is 2.51. The maximum atomic E-state index is 13.3. The molecule has 0 spiro atoms. The van der Waals surface area contributed by atoms with Gasteiger partial charge in [-0.2, -0.15) is 0 Å². The van der Waals surface area contributed by atoms with Crippen LogP contribution in [0.25, 0.3) is 0 Å². The van der Waals surface area contributed by atoms with Gasteiger partial charge in [-0.05, 0) is 42.9 Å². The first-order valence-electron chi connectivity index (χ1n) is 7.58. The van der Waals surface area contributed by atoms with Crippen LogP contribution in [-0.4, -0.2) is 19.3 Å². The van der Waals surface area contributed by atoms with Crippen molar-refractivity contribution in [1.82, 2.24) is 5.43 Å². The summed E-state index contributed by atoms with van der Waals surface area (Å²) in [4.78, 5) is 0. The molecular formula is C16H24F2N2O. The van der Waals surface area contributed by atoms with Gasteiger partial charge in [0.2, 0.25) is 0 Å². The highest BCUT2D eigenvalue weighted by Crippen LogP contribution is 2.30. The summed E-state index contributed by atoms with van der Waals surface area (Å²) in [5, 5.41) is 0. The maximum Gasteiger partial charge on any atom is 0.159 e. The highest BCUT2D eigenvalue weighted by molar-refractivity contribution is 5.19. The molecule has 1 aromatic carbocycles. The van der Waals surface area contributed by atoms with Crippen LogP contribution in [0.4, 0.5) is 8.78 Å². The third-order valence-electron chi connectivity index (χ3n) is 4.44. The molecule has 0 amide bonds. The molecule has 0 bridgehead atoms. The van der Waals surface area contributed by atoms with E-state index in [1.165, 1.54) is 25.3 Å². The number of rotatable bonds is 6. The number of hydrogen-bond acceptors (Lipinski definition) is 3. The van der Waals surface area contributed by atoms with Gasteiger partial charge >= 0.3 is 0 Å². The summed E-state index contributed by atoms with van der Waals surface area (Å²) < 4.78 is 32.0. The van der Waals surface area contributed by atoms with Gasteiger partial charge in [-0.25, -0.2) is 8.78 Å². The molecule has 1 aliphatic carbocycles. The second kappa shape index (κ2) is 7.82. The largest absolute Gasteiger partial charge is 0.379 e. The molecule has 0 saturated heterocycles. The molecule has 1 aliphatic rings. The SMILES string of the molecule is COC(C1CCCCC1)C(Cc1ccc(F)c(F)c1)NN. The lowest BCUT2D eigenvalue weighted by Gasteiger charge is -2.34. The average molecular weight is 298 g/mol. The standard InChI is InChI=1S/C16H24F2N2O/c1-21-16(12-5-3-2-4-6-12)15(20-19)10-11-7-8-13(17)14(18)9-11/h7-9,12,15-16,20H,2-6,10,19H2,1H3. The summed E-state index contributed by atoms with van der Waals surface area (Å²) in [6, 6.07) is 3.87. The van der Waals surface area contributed by atoms with Crippen molar-refractivity contribution in [2.45, 2.75) is 50.7 Å². The van der Waals surface area contributed by atoms with Crippen LogP contribution in [0, 0.1) is 17.6 Å². The molecule has 2 unspecified atom stereocenters. The zero-order valence-corrected chi connectivity index (χ0v) is 12.4. The fourth-order valence-electron chi connectivity index (χ4n) is 3.34. The first-order chi connectivity index (χ1) is 10.2. The Morgan fingerprint density at radius 1 is 1.24 bits per heavy atom. The molecule has 2 rings (SSSR count). The normalized spacial score (nSPS) is 19.4. The maximum absolute atomic E-state index is 13.3. The third-order valence-corrected chi connectivity index (χ3v) is 4.44. The third kappa shape index (κ3) is 4.22. The van der Waals surface area contributed by atoms with E-state index < -0.39 is 11.6 Å². The first-order valence-corrected chi connectivity index (χ1v) is 7.58. The van der Waals surface area contributed by atoms with E-state index >= 15 is 0 Å². The van der Waals surface area contributed by atoms with E-state index in [9.17, 15) is 8.78 Å². The van der Waals surface area contributed by atoms with Crippen molar-refractivity contribution in [3.8, 4) is 0 Å². The topological polar surface area (TPSA) is 47.3 Å². The lowest BCUT2D eigenvalue weighted by molar-refractivity contribution is 0.00825. The molecule has 0 heterocycles. The van der Waals surface area contributed by atoms with E-state index in [4.69, 9.17) is 10.6 Å². The Morgan fingerprint density at radius 3 is 2.52 bits per heavy atom. The monoisotopic (exact) mass is 298 g/mol. The van der Waals surface area contributed by atoms with Crippen molar-refractivity contribution in [2.24, 2.45) is 11.8 Å². The summed E-state index contributed by atoms with van der Waals surface area (Å²) in [5.41, 5.74) is 3.51. The van der Waals surface area contributed by atoms with Crippen molar-refractivity contribution >= 4 is 0 Å². The smallest absolute Gasteiger partial charge is 0.159 e. The number of benzene rings is 1. The molecule has 1 aromatic rings. The minimum atomic E-state index is -0.827. The Kier molecular flexibility index (Phi) is 6.08.